The van der Waals surface area contributed by atoms with Crippen LogP contribution in [0, 0.1) is 0 Å². The van der Waals surface area contributed by atoms with E-state index in [0.717, 1.165) is 14.4 Å². The lowest BCUT2D eigenvalue weighted by Crippen LogP contribution is -2.07. The van der Waals surface area contributed by atoms with E-state index >= 15 is 0 Å². The molecule has 2 aromatic rings. The molecule has 0 amide bonds. The fourth-order valence-electron chi connectivity index (χ4n) is 1.15. The Morgan fingerprint density at radius 2 is 1.89 bits per heavy atom. The molecule has 0 bridgehead atoms. The van der Waals surface area contributed by atoms with Crippen molar-refractivity contribution in [2.75, 3.05) is 24.7 Å². The van der Waals surface area contributed by atoms with Crippen LogP contribution in [-0.2, 0) is 0 Å². The Labute approximate surface area is 123 Å². The van der Waals surface area contributed by atoms with E-state index in [-0.39, 0.29) is 0 Å². The van der Waals surface area contributed by atoms with Gasteiger partial charge in [-0.25, -0.2) is 0 Å². The van der Waals surface area contributed by atoms with Gasteiger partial charge in [-0.15, -0.1) is 10.2 Å². The Kier molecular flexibility index (Phi) is 4.21. The lowest BCUT2D eigenvalue weighted by Gasteiger charge is -2.05. The van der Waals surface area contributed by atoms with Crippen molar-refractivity contribution in [3.8, 4) is 0 Å². The second kappa shape index (κ2) is 5.52. The van der Waals surface area contributed by atoms with Gasteiger partial charge in [0.05, 0.1) is 10.0 Å². The maximum Gasteiger partial charge on any atom is 0.208 e. The molecule has 1 aromatic heterocycles. The van der Waals surface area contributed by atoms with E-state index in [1.165, 1.54) is 23.1 Å². The first-order valence-electron chi connectivity index (χ1n) is 4.90. The van der Waals surface area contributed by atoms with Gasteiger partial charge in [-0.05, 0) is 12.1 Å². The summed E-state index contributed by atoms with van der Waals surface area (Å²) in [6.45, 7) is 0. The predicted molar refractivity (Wildman–Crippen MR) is 79.2 cm³/mol. The smallest absolute Gasteiger partial charge is 0.208 e. The minimum absolute atomic E-state index is 0.449. The van der Waals surface area contributed by atoms with Gasteiger partial charge in [-0.2, -0.15) is 0 Å². The maximum absolute atomic E-state index is 5.97. The normalized spacial score (nSPS) is 10.7. The maximum atomic E-state index is 5.97. The first-order valence-corrected chi connectivity index (χ1v) is 7.29. The van der Waals surface area contributed by atoms with Crippen LogP contribution in [0.3, 0.4) is 0 Å². The highest BCUT2D eigenvalue weighted by atomic mass is 35.5. The third kappa shape index (κ3) is 3.00. The standard InChI is InChI=1S/C10H10Cl2N4S2/c1-16(2)9-14-15-10(18-9)17-8-4-6(12)5(11)3-7(8)13/h3-4H,13H2,1-2H3. The van der Waals surface area contributed by atoms with Crippen LogP contribution in [0.15, 0.2) is 21.4 Å². The molecular formula is C10H10Cl2N4S2. The summed E-state index contributed by atoms with van der Waals surface area (Å²) in [6.07, 6.45) is 0. The van der Waals surface area contributed by atoms with Crippen molar-refractivity contribution >= 4 is 57.1 Å². The zero-order valence-electron chi connectivity index (χ0n) is 9.65. The Morgan fingerprint density at radius 1 is 1.22 bits per heavy atom. The zero-order valence-corrected chi connectivity index (χ0v) is 12.8. The number of nitrogens with zero attached hydrogens (tertiary/aromatic N) is 3. The summed E-state index contributed by atoms with van der Waals surface area (Å²) < 4.78 is 0.809. The van der Waals surface area contributed by atoms with Gasteiger partial charge in [0.25, 0.3) is 0 Å². The molecule has 1 heterocycles. The average molecular weight is 321 g/mol. The largest absolute Gasteiger partial charge is 0.398 e. The van der Waals surface area contributed by atoms with Crippen LogP contribution in [0.1, 0.15) is 0 Å². The van der Waals surface area contributed by atoms with Gasteiger partial charge in [0.15, 0.2) is 4.34 Å². The molecule has 0 saturated heterocycles. The van der Waals surface area contributed by atoms with Crippen molar-refractivity contribution in [1.29, 1.82) is 0 Å². The van der Waals surface area contributed by atoms with Gasteiger partial charge in [-0.3, -0.25) is 0 Å². The molecule has 2 N–H and O–H groups in total. The highest BCUT2D eigenvalue weighted by Gasteiger charge is 2.11. The molecule has 0 aliphatic carbocycles. The van der Waals surface area contributed by atoms with Gasteiger partial charge in [0, 0.05) is 24.7 Å². The number of halogens is 2. The van der Waals surface area contributed by atoms with E-state index < -0.39 is 0 Å². The molecule has 0 fully saturated rings. The molecular weight excluding hydrogens is 311 g/mol. The van der Waals surface area contributed by atoms with E-state index in [1.54, 1.807) is 12.1 Å². The van der Waals surface area contributed by atoms with Crippen LogP contribution in [0.5, 0.6) is 0 Å². The van der Waals surface area contributed by atoms with Gasteiger partial charge in [0.1, 0.15) is 0 Å². The highest BCUT2D eigenvalue weighted by molar-refractivity contribution is 8.01. The Hall–Kier alpha value is -0.690. The first kappa shape index (κ1) is 13.7. The number of hydrogen-bond donors (Lipinski definition) is 1. The van der Waals surface area contributed by atoms with Crippen LogP contribution in [-0.4, -0.2) is 24.3 Å². The average Bonchev–Trinajstić information content (AvgIpc) is 2.74. The van der Waals surface area contributed by atoms with Crippen molar-refractivity contribution < 1.29 is 0 Å². The van der Waals surface area contributed by atoms with Gasteiger partial charge >= 0.3 is 0 Å². The lowest BCUT2D eigenvalue weighted by atomic mass is 10.3. The zero-order chi connectivity index (χ0) is 13.3. The molecule has 1 aromatic carbocycles. The lowest BCUT2D eigenvalue weighted by molar-refractivity contribution is 0.973. The van der Waals surface area contributed by atoms with Crippen molar-refractivity contribution in [3.63, 3.8) is 0 Å². The van der Waals surface area contributed by atoms with Crippen molar-refractivity contribution in [3.05, 3.63) is 22.2 Å². The minimum atomic E-state index is 0.449. The molecule has 0 atom stereocenters. The monoisotopic (exact) mass is 320 g/mol. The Bertz CT molecular complexity index is 571. The van der Waals surface area contributed by atoms with E-state index in [1.807, 2.05) is 19.0 Å². The Morgan fingerprint density at radius 3 is 2.50 bits per heavy atom. The summed E-state index contributed by atoms with van der Waals surface area (Å²) >= 11 is 14.8. The summed E-state index contributed by atoms with van der Waals surface area (Å²) in [5.41, 5.74) is 6.47. The van der Waals surface area contributed by atoms with Gasteiger partial charge in [-0.1, -0.05) is 46.3 Å². The Balaban J connectivity index is 2.25. The minimum Gasteiger partial charge on any atom is -0.398 e. The second-order valence-electron chi connectivity index (χ2n) is 3.65. The molecule has 18 heavy (non-hydrogen) atoms. The van der Waals surface area contributed by atoms with Crippen LogP contribution in [0.2, 0.25) is 10.0 Å². The summed E-state index contributed by atoms with van der Waals surface area (Å²) in [6, 6.07) is 3.38. The van der Waals surface area contributed by atoms with Crippen molar-refractivity contribution in [2.45, 2.75) is 9.24 Å². The molecule has 0 aliphatic heterocycles. The summed E-state index contributed by atoms with van der Waals surface area (Å²) in [5.74, 6) is 0. The molecule has 0 aliphatic rings. The van der Waals surface area contributed by atoms with E-state index in [4.69, 9.17) is 28.9 Å². The van der Waals surface area contributed by atoms with Crippen LogP contribution in [0.4, 0.5) is 10.8 Å². The number of nitrogen functional groups attached to an aromatic ring is 1. The number of anilines is 2. The van der Waals surface area contributed by atoms with Gasteiger partial charge < -0.3 is 10.6 Å². The summed E-state index contributed by atoms with van der Waals surface area (Å²) in [4.78, 5) is 2.73. The first-order chi connectivity index (χ1) is 8.47. The fourth-order valence-corrected chi connectivity index (χ4v) is 3.34. The molecule has 8 heteroatoms. The van der Waals surface area contributed by atoms with Crippen molar-refractivity contribution in [1.82, 2.24) is 10.2 Å². The van der Waals surface area contributed by atoms with Crippen LogP contribution in [0.25, 0.3) is 0 Å². The summed E-state index contributed by atoms with van der Waals surface area (Å²) in [7, 11) is 3.84. The number of aromatic nitrogens is 2. The van der Waals surface area contributed by atoms with E-state index in [2.05, 4.69) is 10.2 Å². The molecule has 0 unspecified atom stereocenters. The number of rotatable bonds is 3. The fraction of sp³-hybridized carbons (Fsp3) is 0.200. The third-order valence-corrected chi connectivity index (χ3v) is 4.97. The SMILES string of the molecule is CN(C)c1nnc(Sc2cc(Cl)c(Cl)cc2N)s1. The number of nitrogens with two attached hydrogens (primary N) is 1. The molecule has 0 spiro atoms. The number of benzene rings is 1. The van der Waals surface area contributed by atoms with Crippen LogP contribution < -0.4 is 10.6 Å². The molecule has 96 valence electrons. The predicted octanol–water partition coefficient (Wildman–Crippen LogP) is 3.64. The van der Waals surface area contributed by atoms with E-state index in [0.29, 0.717) is 15.7 Å². The van der Waals surface area contributed by atoms with Gasteiger partial charge in [0.2, 0.25) is 5.13 Å². The molecule has 2 rings (SSSR count). The molecule has 0 radical (unpaired) electrons. The third-order valence-electron chi connectivity index (χ3n) is 2.03. The van der Waals surface area contributed by atoms with E-state index in [9.17, 15) is 0 Å². The quantitative estimate of drug-likeness (QED) is 0.875. The van der Waals surface area contributed by atoms with Crippen LogP contribution >= 0.6 is 46.3 Å². The number of hydrogen-bond acceptors (Lipinski definition) is 6. The topological polar surface area (TPSA) is 55.0 Å². The highest BCUT2D eigenvalue weighted by Crippen LogP contribution is 2.39. The summed E-state index contributed by atoms with van der Waals surface area (Å²) in [5, 5.41) is 9.91. The molecule has 0 saturated carbocycles. The molecule has 4 nitrogen and oxygen atoms in total. The van der Waals surface area contributed by atoms with Crippen molar-refractivity contribution in [2.24, 2.45) is 0 Å². The second-order valence-corrected chi connectivity index (χ2v) is 6.71.